The number of nitrogens with one attached hydrogen (secondary N) is 1. The van der Waals surface area contributed by atoms with Crippen molar-refractivity contribution in [3.63, 3.8) is 0 Å². The maximum Gasteiger partial charge on any atom is 0.236 e. The zero-order valence-electron chi connectivity index (χ0n) is 11.2. The van der Waals surface area contributed by atoms with Crippen LogP contribution in [0.5, 0.6) is 0 Å². The van der Waals surface area contributed by atoms with E-state index in [9.17, 15) is 8.42 Å². The van der Waals surface area contributed by atoms with Crippen LogP contribution in [0.25, 0.3) is 0 Å². The quantitative estimate of drug-likeness (QED) is 0.831. The van der Waals surface area contributed by atoms with E-state index in [1.807, 2.05) is 39.0 Å². The molecule has 0 bridgehead atoms. The highest BCUT2D eigenvalue weighted by Crippen LogP contribution is 2.23. The Bertz CT molecular complexity index is 494. The first-order chi connectivity index (χ1) is 8.46. The Kier molecular flexibility index (Phi) is 5.16. The normalized spacial score (nSPS) is 13.3. The minimum absolute atomic E-state index is 0.138. The number of para-hydroxylation sites is 1. The second-order valence-corrected chi connectivity index (χ2v) is 6.34. The van der Waals surface area contributed by atoms with Gasteiger partial charge in [0.2, 0.25) is 10.0 Å². The van der Waals surface area contributed by atoms with E-state index in [1.54, 1.807) is 0 Å². The zero-order chi connectivity index (χ0) is 13.8. The molecule has 0 radical (unpaired) electrons. The average molecular weight is 270 g/mol. The first kappa shape index (κ1) is 15.0. The molecule has 0 saturated heterocycles. The van der Waals surface area contributed by atoms with Crippen LogP contribution in [0, 0.1) is 6.92 Å². The van der Waals surface area contributed by atoms with Crippen molar-refractivity contribution in [2.45, 2.75) is 38.9 Å². The van der Waals surface area contributed by atoms with Crippen molar-refractivity contribution >= 4 is 15.7 Å². The lowest BCUT2D eigenvalue weighted by Gasteiger charge is -2.19. The van der Waals surface area contributed by atoms with Gasteiger partial charge in [0.1, 0.15) is 0 Å². The minimum Gasteiger partial charge on any atom is -0.329 e. The number of hydrogen-bond acceptors (Lipinski definition) is 3. The predicted octanol–water partition coefficient (Wildman–Crippen LogP) is 2.04. The Hall–Kier alpha value is -1.07. The monoisotopic (exact) mass is 270 g/mol. The number of nitrogens with two attached hydrogens (primary N) is 1. The number of aryl methyl sites for hydroxylation is 2. The molecule has 4 nitrogen and oxygen atoms in total. The van der Waals surface area contributed by atoms with Crippen LogP contribution in [0.2, 0.25) is 0 Å². The fourth-order valence-corrected chi connectivity index (χ4v) is 3.34. The number of hydrogen-bond donors (Lipinski definition) is 2. The van der Waals surface area contributed by atoms with Crippen LogP contribution in [0.3, 0.4) is 0 Å². The van der Waals surface area contributed by atoms with Gasteiger partial charge in [0.15, 0.2) is 0 Å². The van der Waals surface area contributed by atoms with Gasteiger partial charge in [0.25, 0.3) is 0 Å². The molecule has 5 heteroatoms. The van der Waals surface area contributed by atoms with E-state index in [1.165, 1.54) is 0 Å². The third kappa shape index (κ3) is 3.23. The summed E-state index contributed by atoms with van der Waals surface area (Å²) in [6.07, 6.45) is 1.30. The van der Waals surface area contributed by atoms with Crippen molar-refractivity contribution in [3.05, 3.63) is 29.3 Å². The summed E-state index contributed by atoms with van der Waals surface area (Å²) in [6, 6.07) is 5.78. The van der Waals surface area contributed by atoms with Gasteiger partial charge < -0.3 is 5.73 Å². The highest BCUT2D eigenvalue weighted by molar-refractivity contribution is 7.93. The predicted molar refractivity (Wildman–Crippen MR) is 76.2 cm³/mol. The van der Waals surface area contributed by atoms with Crippen molar-refractivity contribution in [2.75, 3.05) is 11.3 Å². The summed E-state index contributed by atoms with van der Waals surface area (Å²) in [4.78, 5) is 0. The summed E-state index contributed by atoms with van der Waals surface area (Å²) in [6.45, 7) is 5.88. The summed E-state index contributed by atoms with van der Waals surface area (Å²) in [5.74, 6) is 0. The van der Waals surface area contributed by atoms with E-state index >= 15 is 0 Å². The van der Waals surface area contributed by atoms with Gasteiger partial charge in [-0.2, -0.15) is 0 Å². The van der Waals surface area contributed by atoms with Gasteiger partial charge >= 0.3 is 0 Å². The number of sulfonamides is 1. The van der Waals surface area contributed by atoms with Gasteiger partial charge in [-0.25, -0.2) is 8.42 Å². The van der Waals surface area contributed by atoms with E-state index in [4.69, 9.17) is 5.73 Å². The van der Waals surface area contributed by atoms with Crippen LogP contribution in [0.4, 0.5) is 5.69 Å². The van der Waals surface area contributed by atoms with E-state index in [0.717, 1.165) is 17.5 Å². The molecule has 3 N–H and O–H groups in total. The molecule has 1 rings (SSSR count). The summed E-state index contributed by atoms with van der Waals surface area (Å²) in [5.41, 5.74) is 8.15. The molecule has 1 aromatic carbocycles. The van der Waals surface area contributed by atoms with Crippen molar-refractivity contribution in [2.24, 2.45) is 5.73 Å². The van der Waals surface area contributed by atoms with Crippen LogP contribution in [-0.4, -0.2) is 20.2 Å². The van der Waals surface area contributed by atoms with Crippen molar-refractivity contribution in [1.82, 2.24) is 0 Å². The third-order valence-corrected chi connectivity index (χ3v) is 5.03. The Morgan fingerprint density at radius 1 is 1.33 bits per heavy atom. The smallest absolute Gasteiger partial charge is 0.236 e. The lowest BCUT2D eigenvalue weighted by atomic mass is 10.1. The lowest BCUT2D eigenvalue weighted by molar-refractivity contribution is 0.581. The molecule has 0 heterocycles. The first-order valence-electron chi connectivity index (χ1n) is 6.26. The van der Waals surface area contributed by atoms with Gasteiger partial charge in [0.05, 0.1) is 10.9 Å². The van der Waals surface area contributed by atoms with Gasteiger partial charge in [-0.05, 0) is 30.9 Å². The van der Waals surface area contributed by atoms with Gasteiger partial charge in [-0.15, -0.1) is 0 Å². The molecule has 0 aliphatic rings. The molecule has 0 aliphatic carbocycles. The fourth-order valence-electron chi connectivity index (χ4n) is 1.91. The lowest BCUT2D eigenvalue weighted by Crippen LogP contribution is -2.34. The standard InChI is InChI=1S/C13H22N2O2S/c1-4-11-8-6-7-10(3)13(11)15-18(16,17)12(5-2)9-14/h6-8,12,15H,4-5,9,14H2,1-3H3. The Morgan fingerprint density at radius 2 is 2.00 bits per heavy atom. The summed E-state index contributed by atoms with van der Waals surface area (Å²) in [7, 11) is -3.41. The topological polar surface area (TPSA) is 72.2 Å². The second kappa shape index (κ2) is 6.20. The molecule has 102 valence electrons. The van der Waals surface area contributed by atoms with E-state index in [2.05, 4.69) is 4.72 Å². The zero-order valence-corrected chi connectivity index (χ0v) is 12.0. The maximum absolute atomic E-state index is 12.2. The van der Waals surface area contributed by atoms with Crippen LogP contribution >= 0.6 is 0 Å². The Labute approximate surface area is 110 Å². The molecule has 1 aromatic rings. The van der Waals surface area contributed by atoms with Crippen LogP contribution in [0.15, 0.2) is 18.2 Å². The van der Waals surface area contributed by atoms with E-state index in [-0.39, 0.29) is 6.54 Å². The molecule has 0 spiro atoms. The Balaban J connectivity index is 3.11. The molecule has 0 fully saturated rings. The van der Waals surface area contributed by atoms with Crippen LogP contribution in [-0.2, 0) is 16.4 Å². The molecule has 0 aliphatic heterocycles. The molecular weight excluding hydrogens is 248 g/mol. The summed E-state index contributed by atoms with van der Waals surface area (Å²) in [5, 5.41) is -0.540. The van der Waals surface area contributed by atoms with Gasteiger partial charge in [-0.1, -0.05) is 32.0 Å². The minimum atomic E-state index is -3.41. The third-order valence-electron chi connectivity index (χ3n) is 3.14. The second-order valence-electron chi connectivity index (χ2n) is 4.38. The van der Waals surface area contributed by atoms with E-state index < -0.39 is 15.3 Å². The highest BCUT2D eigenvalue weighted by Gasteiger charge is 2.23. The molecule has 1 unspecified atom stereocenters. The van der Waals surface area contributed by atoms with Crippen molar-refractivity contribution in [1.29, 1.82) is 0 Å². The SMILES string of the molecule is CCc1cccc(C)c1NS(=O)(=O)C(CC)CN. The first-order valence-corrected chi connectivity index (χ1v) is 7.81. The molecule has 0 saturated carbocycles. The van der Waals surface area contributed by atoms with Crippen LogP contribution in [0.1, 0.15) is 31.4 Å². The van der Waals surface area contributed by atoms with Crippen LogP contribution < -0.4 is 10.5 Å². The molecule has 0 aromatic heterocycles. The fraction of sp³-hybridized carbons (Fsp3) is 0.538. The number of rotatable bonds is 6. The average Bonchev–Trinajstić information content (AvgIpc) is 2.32. The molecule has 1 atom stereocenters. The summed E-state index contributed by atoms with van der Waals surface area (Å²) < 4.78 is 27.1. The summed E-state index contributed by atoms with van der Waals surface area (Å²) >= 11 is 0. The van der Waals surface area contributed by atoms with Gasteiger partial charge in [0, 0.05) is 6.54 Å². The molecule has 18 heavy (non-hydrogen) atoms. The Morgan fingerprint density at radius 3 is 2.50 bits per heavy atom. The van der Waals surface area contributed by atoms with Gasteiger partial charge in [-0.3, -0.25) is 4.72 Å². The molecule has 0 amide bonds. The highest BCUT2D eigenvalue weighted by atomic mass is 32.2. The number of anilines is 1. The molecular formula is C13H22N2O2S. The van der Waals surface area contributed by atoms with E-state index in [0.29, 0.717) is 12.1 Å². The largest absolute Gasteiger partial charge is 0.329 e. The van der Waals surface area contributed by atoms with Crippen molar-refractivity contribution < 1.29 is 8.42 Å². The maximum atomic E-state index is 12.2. The number of benzene rings is 1. The van der Waals surface area contributed by atoms with Crippen molar-refractivity contribution in [3.8, 4) is 0 Å².